The van der Waals surface area contributed by atoms with Crippen molar-refractivity contribution in [2.45, 2.75) is 44.7 Å². The number of nitrogens with one attached hydrogen (secondary N) is 2. The molecular formula is C20H26N2O3S. The van der Waals surface area contributed by atoms with Gasteiger partial charge in [-0.2, -0.15) is 0 Å². The summed E-state index contributed by atoms with van der Waals surface area (Å²) in [4.78, 5) is 12.7. The third kappa shape index (κ3) is 5.16. The fraction of sp³-hybridized carbons (Fsp3) is 0.350. The van der Waals surface area contributed by atoms with Crippen LogP contribution in [-0.4, -0.2) is 20.4 Å². The molecule has 2 aromatic carbocycles. The van der Waals surface area contributed by atoms with Gasteiger partial charge in [-0.15, -0.1) is 0 Å². The Morgan fingerprint density at radius 2 is 1.46 bits per heavy atom. The van der Waals surface area contributed by atoms with E-state index in [4.69, 9.17) is 0 Å². The van der Waals surface area contributed by atoms with Gasteiger partial charge in [0, 0.05) is 11.6 Å². The van der Waals surface area contributed by atoms with E-state index in [0.29, 0.717) is 5.56 Å². The van der Waals surface area contributed by atoms with Crippen LogP contribution in [0.15, 0.2) is 59.5 Å². The Labute approximate surface area is 155 Å². The topological polar surface area (TPSA) is 75.3 Å². The van der Waals surface area contributed by atoms with Crippen molar-refractivity contribution in [3.63, 3.8) is 0 Å². The van der Waals surface area contributed by atoms with Crippen molar-refractivity contribution in [1.29, 1.82) is 0 Å². The summed E-state index contributed by atoms with van der Waals surface area (Å²) in [7, 11) is -3.56. The number of hydrogen-bond donors (Lipinski definition) is 2. The molecule has 0 heterocycles. The molecule has 0 fully saturated rings. The Bertz CT molecular complexity index is 829. The number of amides is 1. The van der Waals surface area contributed by atoms with Gasteiger partial charge in [0.1, 0.15) is 0 Å². The molecule has 0 aliphatic heterocycles. The molecule has 2 rings (SSSR count). The molecule has 26 heavy (non-hydrogen) atoms. The maximum absolute atomic E-state index is 12.6. The first-order valence-electron chi connectivity index (χ1n) is 8.69. The summed E-state index contributed by atoms with van der Waals surface area (Å²) in [6.07, 6.45) is 0. The highest BCUT2D eigenvalue weighted by Gasteiger charge is 2.20. The monoisotopic (exact) mass is 374 g/mol. The molecule has 0 saturated carbocycles. The second kappa shape index (κ2) is 8.47. The van der Waals surface area contributed by atoms with Crippen LogP contribution in [0.3, 0.4) is 0 Å². The molecule has 5 nitrogen and oxygen atoms in total. The van der Waals surface area contributed by atoms with Gasteiger partial charge >= 0.3 is 0 Å². The molecule has 0 radical (unpaired) electrons. The highest BCUT2D eigenvalue weighted by atomic mass is 32.2. The molecule has 0 saturated heterocycles. The summed E-state index contributed by atoms with van der Waals surface area (Å²) in [6.45, 7) is 7.61. The zero-order chi connectivity index (χ0) is 19.3. The zero-order valence-corrected chi connectivity index (χ0v) is 16.4. The molecule has 0 bridgehead atoms. The molecule has 140 valence electrons. The second-order valence-electron chi connectivity index (χ2n) is 6.91. The van der Waals surface area contributed by atoms with E-state index >= 15 is 0 Å². The highest BCUT2D eigenvalue weighted by Crippen LogP contribution is 2.22. The maximum Gasteiger partial charge on any atom is 0.251 e. The van der Waals surface area contributed by atoms with Crippen LogP contribution in [-0.2, 0) is 10.0 Å². The van der Waals surface area contributed by atoms with Gasteiger partial charge in [-0.25, -0.2) is 13.1 Å². The molecule has 0 aliphatic carbocycles. The van der Waals surface area contributed by atoms with Gasteiger partial charge in [0.15, 0.2) is 0 Å². The quantitative estimate of drug-likeness (QED) is 0.779. The van der Waals surface area contributed by atoms with Gasteiger partial charge in [-0.05, 0) is 49.6 Å². The average molecular weight is 375 g/mol. The van der Waals surface area contributed by atoms with Crippen LogP contribution < -0.4 is 10.0 Å². The SMILES string of the molecule is CC(C)NS(=O)(=O)c1ccc(C(=O)NC(c2ccccc2)C(C)C)cc1. The lowest BCUT2D eigenvalue weighted by molar-refractivity contribution is 0.0925. The van der Waals surface area contributed by atoms with Crippen LogP contribution in [0.1, 0.15) is 49.7 Å². The molecule has 6 heteroatoms. The summed E-state index contributed by atoms with van der Waals surface area (Å²) in [5.41, 5.74) is 1.46. The molecule has 0 spiro atoms. The van der Waals surface area contributed by atoms with Gasteiger partial charge in [-0.3, -0.25) is 4.79 Å². The largest absolute Gasteiger partial charge is 0.345 e. The van der Waals surface area contributed by atoms with Crippen LogP contribution in [0.2, 0.25) is 0 Å². The number of hydrogen-bond acceptors (Lipinski definition) is 3. The van der Waals surface area contributed by atoms with Crippen molar-refractivity contribution < 1.29 is 13.2 Å². The van der Waals surface area contributed by atoms with Crippen LogP contribution in [0.5, 0.6) is 0 Å². The minimum Gasteiger partial charge on any atom is -0.345 e. The minimum absolute atomic E-state index is 0.116. The zero-order valence-electron chi connectivity index (χ0n) is 15.6. The smallest absolute Gasteiger partial charge is 0.251 e. The summed E-state index contributed by atoms with van der Waals surface area (Å²) < 4.78 is 26.9. The van der Waals surface area contributed by atoms with Crippen molar-refractivity contribution in [3.05, 3.63) is 65.7 Å². The van der Waals surface area contributed by atoms with Gasteiger partial charge in [-0.1, -0.05) is 44.2 Å². The van der Waals surface area contributed by atoms with Crippen LogP contribution in [0.4, 0.5) is 0 Å². The fourth-order valence-corrected chi connectivity index (χ4v) is 3.93. The van der Waals surface area contributed by atoms with Crippen molar-refractivity contribution in [3.8, 4) is 0 Å². The lowest BCUT2D eigenvalue weighted by Gasteiger charge is -2.23. The van der Waals surface area contributed by atoms with E-state index < -0.39 is 10.0 Å². The molecule has 1 unspecified atom stereocenters. The third-order valence-corrected chi connectivity index (χ3v) is 5.60. The number of carbonyl (C=O) groups excluding carboxylic acids is 1. The van der Waals surface area contributed by atoms with Crippen LogP contribution in [0, 0.1) is 5.92 Å². The van der Waals surface area contributed by atoms with Crippen LogP contribution in [0.25, 0.3) is 0 Å². The number of carbonyl (C=O) groups is 1. The Morgan fingerprint density at radius 1 is 0.885 bits per heavy atom. The standard InChI is InChI=1S/C20H26N2O3S/c1-14(2)19(16-8-6-5-7-9-16)21-20(23)17-10-12-18(13-11-17)26(24,25)22-15(3)4/h5-15,19,22H,1-4H3,(H,21,23). The van der Waals surface area contributed by atoms with E-state index in [-0.39, 0.29) is 28.8 Å². The molecule has 1 atom stereocenters. The predicted molar refractivity (Wildman–Crippen MR) is 103 cm³/mol. The van der Waals surface area contributed by atoms with E-state index in [1.54, 1.807) is 13.8 Å². The summed E-state index contributed by atoms with van der Waals surface area (Å²) >= 11 is 0. The van der Waals surface area contributed by atoms with E-state index in [2.05, 4.69) is 10.0 Å². The Morgan fingerprint density at radius 3 is 1.96 bits per heavy atom. The molecule has 0 aliphatic rings. The number of sulfonamides is 1. The lowest BCUT2D eigenvalue weighted by Crippen LogP contribution is -2.32. The first-order chi connectivity index (χ1) is 12.2. The predicted octanol–water partition coefficient (Wildman–Crippen LogP) is 3.50. The summed E-state index contributed by atoms with van der Waals surface area (Å²) in [6, 6.07) is 15.5. The van der Waals surface area contributed by atoms with Crippen LogP contribution >= 0.6 is 0 Å². The Kier molecular flexibility index (Phi) is 6.56. The molecular weight excluding hydrogens is 348 g/mol. The van der Waals surface area contributed by atoms with E-state index in [1.807, 2.05) is 44.2 Å². The van der Waals surface area contributed by atoms with Gasteiger partial charge in [0.05, 0.1) is 10.9 Å². The average Bonchev–Trinajstić information content (AvgIpc) is 2.59. The summed E-state index contributed by atoms with van der Waals surface area (Å²) in [5.74, 6) is -0.00966. The minimum atomic E-state index is -3.56. The normalized spacial score (nSPS) is 13.0. The van der Waals surface area contributed by atoms with Gasteiger partial charge in [0.2, 0.25) is 10.0 Å². The van der Waals surface area contributed by atoms with Gasteiger partial charge < -0.3 is 5.32 Å². The number of rotatable bonds is 7. The van der Waals surface area contributed by atoms with E-state index in [1.165, 1.54) is 24.3 Å². The molecule has 2 aromatic rings. The number of benzene rings is 2. The molecule has 0 aromatic heterocycles. The summed E-state index contributed by atoms with van der Waals surface area (Å²) in [5, 5.41) is 3.04. The highest BCUT2D eigenvalue weighted by molar-refractivity contribution is 7.89. The van der Waals surface area contributed by atoms with Crippen molar-refractivity contribution >= 4 is 15.9 Å². The second-order valence-corrected chi connectivity index (χ2v) is 8.62. The first kappa shape index (κ1) is 20.1. The Hall–Kier alpha value is -2.18. The van der Waals surface area contributed by atoms with Crippen molar-refractivity contribution in [2.24, 2.45) is 5.92 Å². The third-order valence-electron chi connectivity index (χ3n) is 3.93. The first-order valence-corrected chi connectivity index (χ1v) is 10.2. The van der Waals surface area contributed by atoms with E-state index in [0.717, 1.165) is 5.56 Å². The van der Waals surface area contributed by atoms with E-state index in [9.17, 15) is 13.2 Å². The maximum atomic E-state index is 12.6. The fourth-order valence-electron chi connectivity index (χ4n) is 2.68. The molecule has 1 amide bonds. The molecule has 2 N–H and O–H groups in total. The lowest BCUT2D eigenvalue weighted by atomic mass is 9.95. The van der Waals surface area contributed by atoms with Crippen molar-refractivity contribution in [2.75, 3.05) is 0 Å². The van der Waals surface area contributed by atoms with Crippen molar-refractivity contribution in [1.82, 2.24) is 10.0 Å². The van der Waals surface area contributed by atoms with Gasteiger partial charge in [0.25, 0.3) is 5.91 Å². The Balaban J connectivity index is 2.17.